The fourth-order valence-electron chi connectivity index (χ4n) is 4.70. The van der Waals surface area contributed by atoms with Crippen LogP contribution in [0.15, 0.2) is 58.6 Å². The molecule has 0 saturated carbocycles. The molecule has 0 unspecified atom stereocenters. The van der Waals surface area contributed by atoms with Gasteiger partial charge in [-0.1, -0.05) is 31.0 Å². The SMILES string of the molecule is CCCCCCO/N=C(\C(=O)N[C@@H]1C(=O)N2C(C(=O)O)=C(C[n+]3ccn4ccccc43)CS[C@@H]12)c1csc(N)n1. The minimum absolute atomic E-state index is 0.0430. The molecule has 2 aliphatic heterocycles. The molecule has 4 N–H and O–H groups in total. The van der Waals surface area contributed by atoms with Crippen LogP contribution in [0.5, 0.6) is 0 Å². The Morgan fingerprint density at radius 3 is 2.90 bits per heavy atom. The van der Waals surface area contributed by atoms with Gasteiger partial charge in [-0.2, -0.15) is 0 Å². The van der Waals surface area contributed by atoms with Crippen molar-refractivity contribution in [2.75, 3.05) is 18.1 Å². The Bertz CT molecular complexity index is 1500. The van der Waals surface area contributed by atoms with Crippen molar-refractivity contribution in [3.63, 3.8) is 0 Å². The second kappa shape index (κ2) is 12.1. The fourth-order valence-corrected chi connectivity index (χ4v) is 6.59. The number of amides is 2. The van der Waals surface area contributed by atoms with Crippen LogP contribution in [0.1, 0.15) is 38.3 Å². The first-order chi connectivity index (χ1) is 19.4. The van der Waals surface area contributed by atoms with Crippen LogP contribution in [-0.4, -0.2) is 66.7 Å². The van der Waals surface area contributed by atoms with Crippen molar-refractivity contribution in [1.29, 1.82) is 0 Å². The van der Waals surface area contributed by atoms with E-state index in [4.69, 9.17) is 10.6 Å². The topological polar surface area (TPSA) is 156 Å². The Hall–Kier alpha value is -3.91. The van der Waals surface area contributed by atoms with Crippen molar-refractivity contribution in [1.82, 2.24) is 19.6 Å². The summed E-state index contributed by atoms with van der Waals surface area (Å²) in [5.41, 5.74) is 7.40. The van der Waals surface area contributed by atoms with E-state index < -0.39 is 29.2 Å². The summed E-state index contributed by atoms with van der Waals surface area (Å²) in [6.45, 7) is 2.77. The maximum atomic E-state index is 13.2. The van der Waals surface area contributed by atoms with Crippen LogP contribution in [0, 0.1) is 0 Å². The number of hydrogen-bond donors (Lipinski definition) is 3. The summed E-state index contributed by atoms with van der Waals surface area (Å²) in [5.74, 6) is -1.92. The van der Waals surface area contributed by atoms with E-state index in [0.717, 1.165) is 42.7 Å². The van der Waals surface area contributed by atoms with E-state index in [1.165, 1.54) is 16.7 Å². The molecule has 2 amide bonds. The molecular weight excluding hydrogens is 554 g/mol. The standard InChI is InChI=1S/C26H29N7O5S2/c1-2-3-4-7-12-38-30-19(17-15-40-26(27)28-17)22(34)29-20-23(35)33-21(25(36)37)16(14-39-24(20)33)13-32-11-10-31-9-6-5-8-18(31)32/h5-6,8-11,15,20,24H,2-4,7,12-14H2,1H3,(H3-,27,28,29,34,36,37)/p+1/b30-19-/t20-,24+/m1/s1. The van der Waals surface area contributed by atoms with E-state index >= 15 is 0 Å². The second-order valence-electron chi connectivity index (χ2n) is 9.42. The Balaban J connectivity index is 1.31. The van der Waals surface area contributed by atoms with E-state index in [0.29, 0.717) is 24.5 Å². The van der Waals surface area contributed by atoms with Gasteiger partial charge < -0.3 is 21.0 Å². The van der Waals surface area contributed by atoms with Gasteiger partial charge in [-0.05, 0) is 18.9 Å². The van der Waals surface area contributed by atoms with Gasteiger partial charge in [-0.25, -0.2) is 18.7 Å². The number of imidazole rings is 1. The summed E-state index contributed by atoms with van der Waals surface area (Å²) in [7, 11) is 0. The third-order valence-corrected chi connectivity index (χ3v) is 8.70. The molecular formula is C26H30N7O5S2+. The van der Waals surface area contributed by atoms with Crippen LogP contribution in [0.3, 0.4) is 0 Å². The number of aliphatic carboxylic acids is 1. The number of carbonyl (C=O) groups is 3. The molecule has 0 bridgehead atoms. The number of carboxylic acids is 1. The number of unbranched alkanes of at least 4 members (excludes halogenated alkanes) is 3. The van der Waals surface area contributed by atoms with E-state index in [2.05, 4.69) is 22.4 Å². The number of nitrogens with zero attached hydrogens (tertiary/aromatic N) is 5. The number of carboxylic acid groups (broad SMARTS) is 1. The lowest BCUT2D eigenvalue weighted by molar-refractivity contribution is -0.662. The zero-order valence-corrected chi connectivity index (χ0v) is 23.5. The molecule has 2 aliphatic rings. The maximum absolute atomic E-state index is 13.2. The van der Waals surface area contributed by atoms with E-state index in [1.807, 2.05) is 45.8 Å². The molecule has 5 heterocycles. The van der Waals surface area contributed by atoms with Crippen LogP contribution in [0.2, 0.25) is 0 Å². The summed E-state index contributed by atoms with van der Waals surface area (Å²) in [5, 5.41) is 18.1. The number of fused-ring (bicyclic) bond motifs is 2. The van der Waals surface area contributed by atoms with Gasteiger partial charge in [0.2, 0.25) is 0 Å². The van der Waals surface area contributed by atoms with E-state index in [1.54, 1.807) is 5.38 Å². The minimum atomic E-state index is -1.18. The molecule has 3 aromatic rings. The van der Waals surface area contributed by atoms with Crippen molar-refractivity contribution in [3.8, 4) is 0 Å². The molecule has 14 heteroatoms. The zero-order valence-electron chi connectivity index (χ0n) is 21.9. The third kappa shape index (κ3) is 5.54. The first kappa shape index (κ1) is 27.6. The number of hydrogen-bond acceptors (Lipinski definition) is 9. The molecule has 0 spiro atoms. The number of pyridine rings is 1. The second-order valence-corrected chi connectivity index (χ2v) is 11.4. The summed E-state index contributed by atoms with van der Waals surface area (Å²) in [4.78, 5) is 49.6. The lowest BCUT2D eigenvalue weighted by Gasteiger charge is -2.49. The van der Waals surface area contributed by atoms with Crippen LogP contribution in [0.25, 0.3) is 5.65 Å². The highest BCUT2D eigenvalue weighted by atomic mass is 32.2. The molecule has 0 aliphatic carbocycles. The maximum Gasteiger partial charge on any atom is 0.352 e. The number of oxime groups is 1. The van der Waals surface area contributed by atoms with Gasteiger partial charge in [-0.15, -0.1) is 23.1 Å². The van der Waals surface area contributed by atoms with Crippen LogP contribution in [0.4, 0.5) is 5.13 Å². The lowest BCUT2D eigenvalue weighted by atomic mass is 10.0. The fraction of sp³-hybridized carbons (Fsp3) is 0.385. The van der Waals surface area contributed by atoms with Crippen molar-refractivity contribution < 1.29 is 28.9 Å². The number of nitrogens with one attached hydrogen (secondary N) is 1. The molecule has 1 fully saturated rings. The molecule has 0 aromatic carbocycles. The highest BCUT2D eigenvalue weighted by Crippen LogP contribution is 2.40. The molecule has 5 rings (SSSR count). The summed E-state index contributed by atoms with van der Waals surface area (Å²) in [6, 6.07) is 4.84. The molecule has 3 aromatic heterocycles. The van der Waals surface area contributed by atoms with Crippen molar-refractivity contribution in [2.45, 2.75) is 50.6 Å². The number of aromatic nitrogens is 3. The number of anilines is 1. The number of thioether (sulfide) groups is 1. The average Bonchev–Trinajstić information content (AvgIpc) is 3.56. The molecule has 12 nitrogen and oxygen atoms in total. The zero-order chi connectivity index (χ0) is 28.2. The lowest BCUT2D eigenvalue weighted by Crippen LogP contribution is -2.71. The van der Waals surface area contributed by atoms with Crippen molar-refractivity contribution >= 4 is 57.4 Å². The Labute approximate surface area is 238 Å². The number of carbonyl (C=O) groups excluding carboxylic acids is 2. The Morgan fingerprint density at radius 1 is 1.30 bits per heavy atom. The largest absolute Gasteiger partial charge is 0.477 e. The number of nitrogen functional groups attached to an aromatic ring is 1. The number of rotatable bonds is 12. The van der Waals surface area contributed by atoms with Gasteiger partial charge in [0, 0.05) is 22.8 Å². The van der Waals surface area contributed by atoms with Gasteiger partial charge in [0.1, 0.15) is 48.4 Å². The Morgan fingerprint density at radius 2 is 2.15 bits per heavy atom. The van der Waals surface area contributed by atoms with E-state index in [9.17, 15) is 19.5 Å². The van der Waals surface area contributed by atoms with Gasteiger partial charge in [0.05, 0.1) is 6.20 Å². The molecule has 0 radical (unpaired) electrons. The first-order valence-electron chi connectivity index (χ1n) is 13.0. The van der Waals surface area contributed by atoms with Gasteiger partial charge in [-0.3, -0.25) is 14.5 Å². The smallest absolute Gasteiger partial charge is 0.352 e. The van der Waals surface area contributed by atoms with Crippen molar-refractivity contribution in [3.05, 3.63) is 59.1 Å². The summed E-state index contributed by atoms with van der Waals surface area (Å²) in [6.07, 6.45) is 9.62. The predicted molar refractivity (Wildman–Crippen MR) is 150 cm³/mol. The number of thiazole rings is 1. The molecule has 2 atom stereocenters. The van der Waals surface area contributed by atoms with Gasteiger partial charge >= 0.3 is 5.97 Å². The van der Waals surface area contributed by atoms with Crippen LogP contribution < -0.4 is 15.6 Å². The quantitative estimate of drug-likeness (QED) is 0.0960. The monoisotopic (exact) mass is 584 g/mol. The normalized spacial score (nSPS) is 19.0. The Kier molecular flexibility index (Phi) is 8.35. The highest BCUT2D eigenvalue weighted by Gasteiger charge is 2.54. The number of nitrogens with two attached hydrogens (primary N) is 1. The van der Waals surface area contributed by atoms with Gasteiger partial charge in [0.25, 0.3) is 17.5 Å². The third-order valence-electron chi connectivity index (χ3n) is 6.69. The molecule has 1 saturated heterocycles. The minimum Gasteiger partial charge on any atom is -0.477 e. The van der Waals surface area contributed by atoms with Crippen molar-refractivity contribution in [2.24, 2.45) is 5.16 Å². The molecule has 40 heavy (non-hydrogen) atoms. The molecule has 210 valence electrons. The highest BCUT2D eigenvalue weighted by molar-refractivity contribution is 8.00. The van der Waals surface area contributed by atoms with Crippen LogP contribution in [-0.2, 0) is 25.8 Å². The van der Waals surface area contributed by atoms with E-state index in [-0.39, 0.29) is 22.2 Å². The summed E-state index contributed by atoms with van der Waals surface area (Å²) >= 11 is 2.57. The van der Waals surface area contributed by atoms with Crippen LogP contribution >= 0.6 is 23.1 Å². The summed E-state index contributed by atoms with van der Waals surface area (Å²) < 4.78 is 3.87. The average molecular weight is 585 g/mol. The van der Waals surface area contributed by atoms with Gasteiger partial charge in [0.15, 0.2) is 10.8 Å². The first-order valence-corrected chi connectivity index (χ1v) is 14.9. The predicted octanol–water partition coefficient (Wildman–Crippen LogP) is 2.01. The number of β-lactam (4-membered cyclic amide) rings is 1.